The Morgan fingerprint density at radius 3 is 2.64 bits per heavy atom. The van der Waals surface area contributed by atoms with Crippen molar-refractivity contribution in [3.8, 4) is 16.9 Å². The Balaban J connectivity index is 2.18. The third-order valence-electron chi connectivity index (χ3n) is 3.66. The molecule has 5 nitrogen and oxygen atoms in total. The Morgan fingerprint density at radius 2 is 2.00 bits per heavy atom. The van der Waals surface area contributed by atoms with Crippen molar-refractivity contribution >= 4 is 22.8 Å². The summed E-state index contributed by atoms with van der Waals surface area (Å²) in [5, 5.41) is 12.7. The van der Waals surface area contributed by atoms with Crippen molar-refractivity contribution in [2.75, 3.05) is 7.11 Å². The molecule has 0 N–H and O–H groups in total. The van der Waals surface area contributed by atoms with Crippen LogP contribution in [0.2, 0.25) is 0 Å². The average Bonchev–Trinajstić information content (AvgIpc) is 3.15. The van der Waals surface area contributed by atoms with Gasteiger partial charge in [0.25, 0.3) is 5.69 Å². The van der Waals surface area contributed by atoms with Crippen LogP contribution >= 0.6 is 11.3 Å². The Bertz CT molecular complexity index is 954. The minimum Gasteiger partial charge on any atom is -0.496 e. The maximum absolute atomic E-state index is 15.1. The first kappa shape index (κ1) is 16.8. The minimum atomic E-state index is -0.766. The summed E-state index contributed by atoms with van der Waals surface area (Å²) in [5.74, 6) is -1.01. The highest BCUT2D eigenvalue weighted by Crippen LogP contribution is 2.36. The van der Waals surface area contributed by atoms with Gasteiger partial charge >= 0.3 is 0 Å². The van der Waals surface area contributed by atoms with Crippen molar-refractivity contribution in [3.63, 3.8) is 0 Å². The van der Waals surface area contributed by atoms with Gasteiger partial charge in [-0.1, -0.05) is 18.2 Å². The van der Waals surface area contributed by atoms with Crippen LogP contribution in [0.5, 0.6) is 5.75 Å². The van der Waals surface area contributed by atoms with Crippen LogP contribution < -0.4 is 4.74 Å². The Kier molecular flexibility index (Phi) is 4.58. The normalized spacial score (nSPS) is 10.5. The van der Waals surface area contributed by atoms with Gasteiger partial charge < -0.3 is 4.74 Å². The molecule has 0 spiro atoms. The largest absolute Gasteiger partial charge is 0.496 e. The molecule has 1 heterocycles. The third kappa shape index (κ3) is 3.14. The predicted octanol–water partition coefficient (Wildman–Crippen LogP) is 4.70. The van der Waals surface area contributed by atoms with E-state index >= 15 is 4.39 Å². The number of methoxy groups -OCH3 is 1. The summed E-state index contributed by atoms with van der Waals surface area (Å²) >= 11 is 1.22. The number of thiophene rings is 1. The topological polar surface area (TPSA) is 69.4 Å². The number of nitro groups is 1. The smallest absolute Gasteiger partial charge is 0.270 e. The summed E-state index contributed by atoms with van der Waals surface area (Å²) in [6.45, 7) is 0. The molecule has 0 radical (unpaired) electrons. The van der Waals surface area contributed by atoms with Crippen LogP contribution in [0.15, 0.2) is 53.9 Å². The zero-order chi connectivity index (χ0) is 18.0. The summed E-state index contributed by atoms with van der Waals surface area (Å²) < 4.78 is 20.3. The zero-order valence-electron chi connectivity index (χ0n) is 13.1. The Morgan fingerprint density at radius 1 is 1.20 bits per heavy atom. The van der Waals surface area contributed by atoms with E-state index in [0.29, 0.717) is 4.88 Å². The standard InChI is InChI=1S/C18H12FNO4S/c1-24-14-8-7-13(18(21)15-6-3-9-25-15)17(19)16(14)11-4-2-5-12(10-11)20(22)23/h2-10H,1H3. The van der Waals surface area contributed by atoms with Crippen LogP contribution in [0.25, 0.3) is 11.1 Å². The monoisotopic (exact) mass is 357 g/mol. The Labute approximate surface area is 146 Å². The Hall–Kier alpha value is -3.06. The SMILES string of the molecule is COc1ccc(C(=O)c2cccs2)c(F)c1-c1cccc([N+](=O)[O-])c1. The summed E-state index contributed by atoms with van der Waals surface area (Å²) in [7, 11) is 1.37. The highest BCUT2D eigenvalue weighted by molar-refractivity contribution is 7.12. The van der Waals surface area contributed by atoms with Gasteiger partial charge in [-0.3, -0.25) is 14.9 Å². The molecule has 0 atom stereocenters. The van der Waals surface area contributed by atoms with E-state index < -0.39 is 16.5 Å². The first-order valence-corrected chi connectivity index (χ1v) is 8.10. The molecule has 0 saturated carbocycles. The van der Waals surface area contributed by atoms with Crippen LogP contribution in [0, 0.1) is 15.9 Å². The lowest BCUT2D eigenvalue weighted by atomic mass is 9.98. The molecule has 0 bridgehead atoms. The second-order valence-electron chi connectivity index (χ2n) is 5.12. The molecule has 2 aromatic carbocycles. The number of carbonyl (C=O) groups excluding carboxylic acids is 1. The lowest BCUT2D eigenvalue weighted by Gasteiger charge is -2.12. The van der Waals surface area contributed by atoms with E-state index in [1.807, 2.05) is 0 Å². The van der Waals surface area contributed by atoms with Gasteiger partial charge in [-0.25, -0.2) is 4.39 Å². The first-order chi connectivity index (χ1) is 12.0. The fourth-order valence-corrected chi connectivity index (χ4v) is 3.17. The average molecular weight is 357 g/mol. The van der Waals surface area contributed by atoms with Crippen molar-refractivity contribution < 1.29 is 18.8 Å². The first-order valence-electron chi connectivity index (χ1n) is 7.22. The number of rotatable bonds is 5. The molecule has 3 aromatic rings. The number of nitrogens with zero attached hydrogens (tertiary/aromatic N) is 1. The van der Waals surface area contributed by atoms with Gasteiger partial charge in [-0.2, -0.15) is 0 Å². The van der Waals surface area contributed by atoms with E-state index in [-0.39, 0.29) is 28.1 Å². The fourth-order valence-electron chi connectivity index (χ4n) is 2.49. The number of nitro benzene ring substituents is 1. The van der Waals surface area contributed by atoms with Gasteiger partial charge in [0.15, 0.2) is 0 Å². The molecule has 0 unspecified atom stereocenters. The van der Waals surface area contributed by atoms with Crippen LogP contribution in [0.3, 0.4) is 0 Å². The molecular weight excluding hydrogens is 345 g/mol. The number of hydrogen-bond acceptors (Lipinski definition) is 5. The van der Waals surface area contributed by atoms with E-state index in [0.717, 1.165) is 0 Å². The molecule has 0 aliphatic carbocycles. The molecule has 0 amide bonds. The van der Waals surface area contributed by atoms with Gasteiger partial charge in [0.2, 0.25) is 5.78 Å². The molecule has 0 fully saturated rings. The molecule has 7 heteroatoms. The summed E-state index contributed by atoms with van der Waals surface area (Å²) in [6.07, 6.45) is 0. The van der Waals surface area contributed by atoms with Crippen molar-refractivity contribution in [3.05, 3.63) is 80.3 Å². The van der Waals surface area contributed by atoms with Gasteiger partial charge in [-0.15, -0.1) is 11.3 Å². The molecule has 126 valence electrons. The molecule has 0 saturated heterocycles. The van der Waals surface area contributed by atoms with E-state index in [1.165, 1.54) is 54.8 Å². The zero-order valence-corrected chi connectivity index (χ0v) is 13.9. The van der Waals surface area contributed by atoms with Gasteiger partial charge in [0, 0.05) is 12.1 Å². The van der Waals surface area contributed by atoms with Crippen molar-refractivity contribution in [1.29, 1.82) is 0 Å². The highest BCUT2D eigenvalue weighted by Gasteiger charge is 2.22. The maximum atomic E-state index is 15.1. The van der Waals surface area contributed by atoms with E-state index in [2.05, 4.69) is 0 Å². The van der Waals surface area contributed by atoms with E-state index in [9.17, 15) is 14.9 Å². The van der Waals surface area contributed by atoms with Crippen molar-refractivity contribution in [2.24, 2.45) is 0 Å². The minimum absolute atomic E-state index is 0.0219. The van der Waals surface area contributed by atoms with E-state index in [1.54, 1.807) is 17.5 Å². The van der Waals surface area contributed by atoms with Gasteiger partial charge in [-0.05, 0) is 29.1 Å². The summed E-state index contributed by atoms with van der Waals surface area (Å²) in [5.41, 5.74) is 0.0108. The van der Waals surface area contributed by atoms with Crippen LogP contribution in [0.1, 0.15) is 15.2 Å². The number of benzene rings is 2. The molecule has 3 rings (SSSR count). The lowest BCUT2D eigenvalue weighted by molar-refractivity contribution is -0.384. The second kappa shape index (κ2) is 6.82. The van der Waals surface area contributed by atoms with Crippen molar-refractivity contribution in [1.82, 2.24) is 0 Å². The number of ketones is 1. The summed E-state index contributed by atoms with van der Waals surface area (Å²) in [6, 6.07) is 11.7. The van der Waals surface area contributed by atoms with Gasteiger partial charge in [0.1, 0.15) is 11.6 Å². The molecular formula is C18H12FNO4S. The number of hydrogen-bond donors (Lipinski definition) is 0. The fraction of sp³-hybridized carbons (Fsp3) is 0.0556. The second-order valence-corrected chi connectivity index (χ2v) is 6.07. The maximum Gasteiger partial charge on any atom is 0.270 e. The molecule has 1 aromatic heterocycles. The third-order valence-corrected chi connectivity index (χ3v) is 4.53. The quantitative estimate of drug-likeness (QED) is 0.377. The van der Waals surface area contributed by atoms with E-state index in [4.69, 9.17) is 4.74 Å². The number of carbonyl (C=O) groups is 1. The van der Waals surface area contributed by atoms with Crippen LogP contribution in [-0.2, 0) is 0 Å². The molecule has 0 aliphatic rings. The van der Waals surface area contributed by atoms with Crippen LogP contribution in [-0.4, -0.2) is 17.8 Å². The van der Waals surface area contributed by atoms with Crippen LogP contribution in [0.4, 0.5) is 10.1 Å². The number of ether oxygens (including phenoxy) is 1. The van der Waals surface area contributed by atoms with Gasteiger partial charge in [0.05, 0.1) is 28.0 Å². The highest BCUT2D eigenvalue weighted by atomic mass is 32.1. The van der Waals surface area contributed by atoms with Crippen molar-refractivity contribution in [2.45, 2.75) is 0 Å². The predicted molar refractivity (Wildman–Crippen MR) is 92.8 cm³/mol. The molecule has 25 heavy (non-hydrogen) atoms. The summed E-state index contributed by atoms with van der Waals surface area (Å²) in [4.78, 5) is 23.3. The number of non-ortho nitro benzene ring substituents is 1. The lowest BCUT2D eigenvalue weighted by Crippen LogP contribution is -2.05. The molecule has 0 aliphatic heterocycles. The number of halogens is 1.